The number of carbonyl (C=O) groups is 1. The topological polar surface area (TPSA) is 75.4 Å². The summed E-state index contributed by atoms with van der Waals surface area (Å²) < 4.78 is 5.46. The Kier molecular flexibility index (Phi) is 4.68. The lowest BCUT2D eigenvalue weighted by molar-refractivity contribution is -0.138. The number of nitrogens with one attached hydrogen (secondary N) is 1. The number of hydrogen-bond acceptors (Lipinski definition) is 5. The van der Waals surface area contributed by atoms with Gasteiger partial charge in [0.25, 0.3) is 6.01 Å². The largest absolute Gasteiger partial charge is 0.480 e. The van der Waals surface area contributed by atoms with Gasteiger partial charge in [-0.1, -0.05) is 19.1 Å². The van der Waals surface area contributed by atoms with Crippen LogP contribution in [-0.4, -0.2) is 33.6 Å². The molecule has 19 heavy (non-hydrogen) atoms. The number of benzene rings is 1. The molecule has 0 saturated carbocycles. The van der Waals surface area contributed by atoms with Crippen LogP contribution < -0.4 is 5.32 Å². The summed E-state index contributed by atoms with van der Waals surface area (Å²) in [5, 5.41) is 12.0. The van der Waals surface area contributed by atoms with Gasteiger partial charge in [0.1, 0.15) is 11.6 Å². The molecule has 2 N–H and O–H groups in total. The molecular formula is C13H16N2O3S. The fourth-order valence-corrected chi connectivity index (χ4v) is 2.38. The molecule has 2 aromatic rings. The molecule has 1 aromatic carbocycles. The van der Waals surface area contributed by atoms with Crippen molar-refractivity contribution in [2.45, 2.75) is 19.4 Å². The molecule has 0 aliphatic heterocycles. The van der Waals surface area contributed by atoms with Crippen LogP contribution in [0.1, 0.15) is 13.3 Å². The molecule has 0 radical (unpaired) electrons. The zero-order valence-electron chi connectivity index (χ0n) is 10.6. The third-order valence-corrected chi connectivity index (χ3v) is 3.58. The Labute approximate surface area is 115 Å². The van der Waals surface area contributed by atoms with Crippen molar-refractivity contribution < 1.29 is 14.3 Å². The van der Waals surface area contributed by atoms with Crippen molar-refractivity contribution in [3.63, 3.8) is 0 Å². The predicted molar refractivity (Wildman–Crippen MR) is 76.7 cm³/mol. The summed E-state index contributed by atoms with van der Waals surface area (Å²) in [5.41, 5.74) is 1.37. The van der Waals surface area contributed by atoms with E-state index in [1.807, 2.05) is 18.2 Å². The van der Waals surface area contributed by atoms with Gasteiger partial charge in [-0.3, -0.25) is 0 Å². The van der Waals surface area contributed by atoms with Gasteiger partial charge in [-0.2, -0.15) is 16.7 Å². The molecule has 0 aliphatic carbocycles. The molecule has 102 valence electrons. The number of aliphatic carboxylic acids is 1. The van der Waals surface area contributed by atoms with Crippen molar-refractivity contribution in [2.24, 2.45) is 0 Å². The quantitative estimate of drug-likeness (QED) is 0.760. The Morgan fingerprint density at radius 1 is 1.53 bits per heavy atom. The molecule has 1 unspecified atom stereocenters. The smallest absolute Gasteiger partial charge is 0.326 e. The van der Waals surface area contributed by atoms with Crippen LogP contribution in [0.15, 0.2) is 28.7 Å². The number of aromatic nitrogens is 1. The monoisotopic (exact) mass is 280 g/mol. The van der Waals surface area contributed by atoms with Gasteiger partial charge in [0.2, 0.25) is 0 Å². The number of nitrogens with zero attached hydrogens (tertiary/aromatic N) is 1. The first-order chi connectivity index (χ1) is 9.20. The van der Waals surface area contributed by atoms with Crippen molar-refractivity contribution in [3.8, 4) is 0 Å². The second kappa shape index (κ2) is 6.47. The first-order valence-corrected chi connectivity index (χ1v) is 7.29. The van der Waals surface area contributed by atoms with Crippen LogP contribution in [0.3, 0.4) is 0 Å². The Morgan fingerprint density at radius 3 is 3.00 bits per heavy atom. The van der Waals surface area contributed by atoms with Crippen LogP contribution in [0.5, 0.6) is 0 Å². The van der Waals surface area contributed by atoms with E-state index in [1.54, 1.807) is 17.8 Å². The van der Waals surface area contributed by atoms with E-state index in [0.29, 0.717) is 12.0 Å². The van der Waals surface area contributed by atoms with E-state index in [0.717, 1.165) is 17.0 Å². The van der Waals surface area contributed by atoms with Gasteiger partial charge in [0, 0.05) is 0 Å². The summed E-state index contributed by atoms with van der Waals surface area (Å²) in [4.78, 5) is 15.4. The summed E-state index contributed by atoms with van der Waals surface area (Å²) >= 11 is 1.72. The normalized spacial score (nSPS) is 12.5. The highest BCUT2D eigenvalue weighted by molar-refractivity contribution is 7.99. The van der Waals surface area contributed by atoms with Gasteiger partial charge < -0.3 is 14.8 Å². The molecule has 6 heteroatoms. The van der Waals surface area contributed by atoms with E-state index in [-0.39, 0.29) is 6.01 Å². The molecule has 0 amide bonds. The van der Waals surface area contributed by atoms with E-state index >= 15 is 0 Å². The van der Waals surface area contributed by atoms with Crippen LogP contribution >= 0.6 is 11.8 Å². The van der Waals surface area contributed by atoms with Gasteiger partial charge in [-0.05, 0) is 30.1 Å². The molecular weight excluding hydrogens is 264 g/mol. The summed E-state index contributed by atoms with van der Waals surface area (Å²) in [5.74, 6) is 0.884. The van der Waals surface area contributed by atoms with E-state index in [9.17, 15) is 4.79 Å². The molecule has 1 aromatic heterocycles. The summed E-state index contributed by atoms with van der Waals surface area (Å²) in [6, 6.07) is 6.93. The Balaban J connectivity index is 2.05. The Bertz CT molecular complexity index is 523. The molecule has 0 aliphatic rings. The molecule has 0 saturated heterocycles. The summed E-state index contributed by atoms with van der Waals surface area (Å²) in [6.07, 6.45) is 0.534. The Hall–Kier alpha value is -1.69. The van der Waals surface area contributed by atoms with Crippen molar-refractivity contribution in [3.05, 3.63) is 24.3 Å². The molecule has 1 heterocycles. The second-order valence-corrected chi connectivity index (χ2v) is 5.40. The fraction of sp³-hybridized carbons (Fsp3) is 0.385. The maximum atomic E-state index is 11.2. The number of hydrogen-bond donors (Lipinski definition) is 2. The maximum Gasteiger partial charge on any atom is 0.326 e. The number of carboxylic acid groups (broad SMARTS) is 1. The highest BCUT2D eigenvalue weighted by Gasteiger charge is 2.19. The minimum absolute atomic E-state index is 0.259. The first-order valence-electron chi connectivity index (χ1n) is 6.13. The van der Waals surface area contributed by atoms with Gasteiger partial charge in [-0.25, -0.2) is 4.79 Å². The molecule has 2 rings (SSSR count). The van der Waals surface area contributed by atoms with Crippen molar-refractivity contribution >= 4 is 34.8 Å². The van der Waals surface area contributed by atoms with Crippen LogP contribution in [0.2, 0.25) is 0 Å². The number of para-hydroxylation sites is 2. The van der Waals surface area contributed by atoms with Crippen LogP contribution in [-0.2, 0) is 4.79 Å². The first kappa shape index (κ1) is 13.7. The lowest BCUT2D eigenvalue weighted by atomic mass is 10.2. The number of fused-ring (bicyclic) bond motifs is 1. The standard InChI is InChI=1S/C13H16N2O3S/c1-2-19-8-7-10(12(16)17)15-13-14-9-5-3-4-6-11(9)18-13/h3-6,10H,2,7-8H2,1H3,(H,14,15)(H,16,17). The number of thioether (sulfide) groups is 1. The minimum atomic E-state index is -0.890. The lowest BCUT2D eigenvalue weighted by Crippen LogP contribution is -2.30. The predicted octanol–water partition coefficient (Wildman–Crippen LogP) is 2.84. The number of oxazole rings is 1. The SMILES string of the molecule is CCSCCC(Nc1nc2ccccc2o1)C(=O)O. The Morgan fingerprint density at radius 2 is 2.32 bits per heavy atom. The average molecular weight is 280 g/mol. The van der Waals surface area contributed by atoms with E-state index < -0.39 is 12.0 Å². The average Bonchev–Trinajstić information content (AvgIpc) is 2.80. The zero-order valence-corrected chi connectivity index (χ0v) is 11.4. The molecule has 0 bridgehead atoms. The van der Waals surface area contributed by atoms with Crippen molar-refractivity contribution in [1.82, 2.24) is 4.98 Å². The summed E-state index contributed by atoms with van der Waals surface area (Å²) in [6.45, 7) is 2.05. The second-order valence-electron chi connectivity index (χ2n) is 4.01. The third kappa shape index (κ3) is 3.64. The molecule has 0 spiro atoms. The molecule has 0 fully saturated rings. The molecule has 5 nitrogen and oxygen atoms in total. The highest BCUT2D eigenvalue weighted by atomic mass is 32.2. The lowest BCUT2D eigenvalue weighted by Gasteiger charge is -2.11. The number of rotatable bonds is 7. The van der Waals surface area contributed by atoms with E-state index in [1.165, 1.54) is 0 Å². The zero-order chi connectivity index (χ0) is 13.7. The number of carboxylic acids is 1. The van der Waals surface area contributed by atoms with E-state index in [2.05, 4.69) is 17.2 Å². The van der Waals surface area contributed by atoms with Crippen LogP contribution in [0.25, 0.3) is 11.1 Å². The van der Waals surface area contributed by atoms with Crippen molar-refractivity contribution in [1.29, 1.82) is 0 Å². The van der Waals surface area contributed by atoms with Crippen LogP contribution in [0, 0.1) is 0 Å². The highest BCUT2D eigenvalue weighted by Crippen LogP contribution is 2.19. The molecule has 1 atom stereocenters. The van der Waals surface area contributed by atoms with Crippen LogP contribution in [0.4, 0.5) is 6.01 Å². The third-order valence-electron chi connectivity index (χ3n) is 2.64. The maximum absolute atomic E-state index is 11.2. The fourth-order valence-electron chi connectivity index (χ4n) is 1.69. The number of anilines is 1. The van der Waals surface area contributed by atoms with Crippen molar-refractivity contribution in [2.75, 3.05) is 16.8 Å². The van der Waals surface area contributed by atoms with Gasteiger partial charge in [0.05, 0.1) is 0 Å². The van der Waals surface area contributed by atoms with Gasteiger partial charge in [0.15, 0.2) is 5.58 Å². The van der Waals surface area contributed by atoms with Gasteiger partial charge in [-0.15, -0.1) is 0 Å². The van der Waals surface area contributed by atoms with Gasteiger partial charge >= 0.3 is 5.97 Å². The minimum Gasteiger partial charge on any atom is -0.480 e. The summed E-state index contributed by atoms with van der Waals surface area (Å²) in [7, 11) is 0. The van der Waals surface area contributed by atoms with E-state index in [4.69, 9.17) is 9.52 Å².